The molecule has 1 aromatic heterocycles. The Morgan fingerprint density at radius 2 is 2.33 bits per heavy atom. The molecule has 1 unspecified atom stereocenters. The molecule has 0 fully saturated rings. The molecule has 0 saturated heterocycles. The zero-order chi connectivity index (χ0) is 8.97. The first-order chi connectivity index (χ1) is 5.77. The number of ether oxygens (including phenoxy) is 2. The highest BCUT2D eigenvalue weighted by Crippen LogP contribution is 2.20. The molecule has 1 heterocycles. The van der Waals surface area contributed by atoms with Crippen molar-refractivity contribution in [1.29, 1.82) is 0 Å². The van der Waals surface area contributed by atoms with Crippen LogP contribution in [0.25, 0.3) is 0 Å². The minimum Gasteiger partial charge on any atom is -0.378 e. The van der Waals surface area contributed by atoms with Gasteiger partial charge in [0.15, 0.2) is 0 Å². The van der Waals surface area contributed by atoms with Crippen LogP contribution in [0.1, 0.15) is 23.7 Å². The highest BCUT2D eigenvalue weighted by molar-refractivity contribution is 7.09. The van der Waals surface area contributed by atoms with E-state index < -0.39 is 0 Å². The normalized spacial score (nSPS) is 13.2. The van der Waals surface area contributed by atoms with E-state index in [0.717, 1.165) is 10.7 Å². The first kappa shape index (κ1) is 9.64. The molecule has 0 aliphatic carbocycles. The topological polar surface area (TPSA) is 31.4 Å². The van der Waals surface area contributed by atoms with Crippen LogP contribution in [0.4, 0.5) is 0 Å². The van der Waals surface area contributed by atoms with Gasteiger partial charge in [0.05, 0.1) is 12.3 Å². The number of hydrogen-bond acceptors (Lipinski definition) is 4. The van der Waals surface area contributed by atoms with Crippen molar-refractivity contribution in [3.63, 3.8) is 0 Å². The molecule has 1 aromatic rings. The number of rotatable bonds is 4. The summed E-state index contributed by atoms with van der Waals surface area (Å²) >= 11 is 1.61. The fourth-order valence-corrected chi connectivity index (χ4v) is 1.66. The van der Waals surface area contributed by atoms with Gasteiger partial charge in [-0.2, -0.15) is 0 Å². The van der Waals surface area contributed by atoms with Crippen LogP contribution in [0.3, 0.4) is 0 Å². The standard InChI is InChI=1S/C8H13NO2S/c1-6(11-3)8-9-7(4-10-2)5-12-8/h5-6H,4H2,1-3H3. The van der Waals surface area contributed by atoms with E-state index in [1.54, 1.807) is 25.6 Å². The monoisotopic (exact) mass is 187 g/mol. The van der Waals surface area contributed by atoms with Crippen molar-refractivity contribution in [2.75, 3.05) is 14.2 Å². The van der Waals surface area contributed by atoms with Crippen molar-refractivity contribution in [3.05, 3.63) is 16.1 Å². The van der Waals surface area contributed by atoms with Crippen molar-refractivity contribution in [3.8, 4) is 0 Å². The molecular formula is C8H13NO2S. The second kappa shape index (κ2) is 4.54. The highest BCUT2D eigenvalue weighted by Gasteiger charge is 2.08. The van der Waals surface area contributed by atoms with E-state index in [4.69, 9.17) is 9.47 Å². The Morgan fingerprint density at radius 3 is 2.92 bits per heavy atom. The molecule has 12 heavy (non-hydrogen) atoms. The van der Waals surface area contributed by atoms with E-state index in [1.807, 2.05) is 12.3 Å². The zero-order valence-corrected chi connectivity index (χ0v) is 8.35. The van der Waals surface area contributed by atoms with E-state index >= 15 is 0 Å². The molecule has 0 N–H and O–H groups in total. The largest absolute Gasteiger partial charge is 0.378 e. The molecule has 1 rings (SSSR count). The minimum absolute atomic E-state index is 0.0839. The number of nitrogens with zero attached hydrogens (tertiary/aromatic N) is 1. The van der Waals surface area contributed by atoms with Gasteiger partial charge in [0.1, 0.15) is 11.1 Å². The Bertz CT molecular complexity index is 237. The van der Waals surface area contributed by atoms with Crippen LogP contribution < -0.4 is 0 Å². The molecular weight excluding hydrogens is 174 g/mol. The third kappa shape index (κ3) is 2.27. The Kier molecular flexibility index (Phi) is 3.65. The molecule has 0 radical (unpaired) electrons. The van der Waals surface area contributed by atoms with Gasteiger partial charge in [-0.3, -0.25) is 0 Å². The maximum atomic E-state index is 5.13. The Labute approximate surface area is 76.3 Å². The molecule has 0 spiro atoms. The fourth-order valence-electron chi connectivity index (χ4n) is 0.824. The number of thiazole rings is 1. The summed E-state index contributed by atoms with van der Waals surface area (Å²) in [5, 5.41) is 3.00. The second-order valence-electron chi connectivity index (χ2n) is 2.49. The third-order valence-corrected chi connectivity index (χ3v) is 2.62. The summed E-state index contributed by atoms with van der Waals surface area (Å²) in [5.41, 5.74) is 0.974. The molecule has 0 aliphatic heterocycles. The van der Waals surface area contributed by atoms with Crippen LogP contribution in [0.5, 0.6) is 0 Å². The fraction of sp³-hybridized carbons (Fsp3) is 0.625. The number of hydrogen-bond donors (Lipinski definition) is 0. The minimum atomic E-state index is 0.0839. The van der Waals surface area contributed by atoms with E-state index in [1.165, 1.54) is 0 Å². The van der Waals surface area contributed by atoms with E-state index in [9.17, 15) is 0 Å². The predicted molar refractivity (Wildman–Crippen MR) is 48.3 cm³/mol. The van der Waals surface area contributed by atoms with E-state index in [0.29, 0.717) is 6.61 Å². The van der Waals surface area contributed by atoms with E-state index in [2.05, 4.69) is 4.98 Å². The summed E-state index contributed by atoms with van der Waals surface area (Å²) in [5.74, 6) is 0. The molecule has 0 aliphatic rings. The second-order valence-corrected chi connectivity index (χ2v) is 3.38. The highest BCUT2D eigenvalue weighted by atomic mass is 32.1. The van der Waals surface area contributed by atoms with Gasteiger partial charge in [-0.1, -0.05) is 0 Å². The van der Waals surface area contributed by atoms with Crippen LogP contribution in [0.2, 0.25) is 0 Å². The lowest BCUT2D eigenvalue weighted by atomic mass is 10.4. The maximum absolute atomic E-state index is 5.13. The van der Waals surface area contributed by atoms with Gasteiger partial charge in [-0.05, 0) is 6.92 Å². The van der Waals surface area contributed by atoms with Crippen LogP contribution in [-0.2, 0) is 16.1 Å². The van der Waals surface area contributed by atoms with Gasteiger partial charge in [0.2, 0.25) is 0 Å². The van der Waals surface area contributed by atoms with Crippen LogP contribution in [-0.4, -0.2) is 19.2 Å². The molecule has 3 nitrogen and oxygen atoms in total. The summed E-state index contributed by atoms with van der Waals surface area (Å²) in [6.07, 6.45) is 0.0839. The van der Waals surface area contributed by atoms with Gasteiger partial charge >= 0.3 is 0 Å². The first-order valence-electron chi connectivity index (χ1n) is 3.74. The van der Waals surface area contributed by atoms with Crippen LogP contribution in [0.15, 0.2) is 5.38 Å². The average Bonchev–Trinajstić information content (AvgIpc) is 2.52. The summed E-state index contributed by atoms with van der Waals surface area (Å²) < 4.78 is 10.1. The van der Waals surface area contributed by atoms with Crippen molar-refractivity contribution in [1.82, 2.24) is 4.98 Å². The average molecular weight is 187 g/mol. The molecule has 0 amide bonds. The van der Waals surface area contributed by atoms with Gasteiger partial charge < -0.3 is 9.47 Å². The Morgan fingerprint density at radius 1 is 1.58 bits per heavy atom. The van der Waals surface area contributed by atoms with E-state index in [-0.39, 0.29) is 6.10 Å². The van der Waals surface area contributed by atoms with Gasteiger partial charge in [0.25, 0.3) is 0 Å². The van der Waals surface area contributed by atoms with Gasteiger partial charge in [-0.15, -0.1) is 11.3 Å². The third-order valence-electron chi connectivity index (χ3n) is 1.56. The quantitative estimate of drug-likeness (QED) is 0.722. The Hall–Kier alpha value is -0.450. The van der Waals surface area contributed by atoms with Crippen molar-refractivity contribution >= 4 is 11.3 Å². The van der Waals surface area contributed by atoms with Gasteiger partial charge in [-0.25, -0.2) is 4.98 Å². The van der Waals surface area contributed by atoms with Crippen molar-refractivity contribution < 1.29 is 9.47 Å². The summed E-state index contributed by atoms with van der Waals surface area (Å²) in [7, 11) is 3.35. The smallest absolute Gasteiger partial charge is 0.122 e. The van der Waals surface area contributed by atoms with Crippen LogP contribution >= 0.6 is 11.3 Å². The lowest BCUT2D eigenvalue weighted by molar-refractivity contribution is 0.118. The summed E-state index contributed by atoms with van der Waals surface area (Å²) in [6.45, 7) is 2.56. The van der Waals surface area contributed by atoms with Crippen molar-refractivity contribution in [2.45, 2.75) is 19.6 Å². The molecule has 68 valence electrons. The maximum Gasteiger partial charge on any atom is 0.122 e. The SMILES string of the molecule is COCc1csc(C(C)OC)n1. The predicted octanol–water partition coefficient (Wildman–Crippen LogP) is 2.00. The Balaban J connectivity index is 2.63. The lowest BCUT2D eigenvalue weighted by Crippen LogP contribution is -1.95. The molecule has 0 aromatic carbocycles. The number of aromatic nitrogens is 1. The first-order valence-corrected chi connectivity index (χ1v) is 4.62. The van der Waals surface area contributed by atoms with Crippen molar-refractivity contribution in [2.24, 2.45) is 0 Å². The zero-order valence-electron chi connectivity index (χ0n) is 7.53. The summed E-state index contributed by atoms with van der Waals surface area (Å²) in [4.78, 5) is 4.34. The van der Waals surface area contributed by atoms with Crippen LogP contribution in [0, 0.1) is 0 Å². The number of methoxy groups -OCH3 is 2. The molecule has 4 heteroatoms. The lowest BCUT2D eigenvalue weighted by Gasteiger charge is -2.03. The van der Waals surface area contributed by atoms with Gasteiger partial charge in [0, 0.05) is 19.6 Å². The molecule has 0 saturated carbocycles. The molecule has 1 atom stereocenters. The summed E-state index contributed by atoms with van der Waals surface area (Å²) in [6, 6.07) is 0. The molecule has 0 bridgehead atoms.